The lowest BCUT2D eigenvalue weighted by atomic mass is 10.1. The molecule has 100 valence electrons. The van der Waals surface area contributed by atoms with E-state index in [1.54, 1.807) is 0 Å². The van der Waals surface area contributed by atoms with Crippen LogP contribution in [0.25, 0.3) is 0 Å². The normalized spacial score (nSPS) is 11.7. The van der Waals surface area contributed by atoms with Gasteiger partial charge in [-0.05, 0) is 0 Å². The third-order valence-electron chi connectivity index (χ3n) is 1.66. The molecule has 0 aliphatic carbocycles. The molecule has 1 aromatic heterocycles. The Labute approximate surface area is 94.8 Å². The highest BCUT2D eigenvalue weighted by atomic mass is 19.4. The van der Waals surface area contributed by atoms with E-state index in [-0.39, 0.29) is 6.20 Å². The molecule has 0 saturated heterocycles. The van der Waals surface area contributed by atoms with E-state index in [2.05, 4.69) is 9.72 Å². The van der Waals surface area contributed by atoms with Crippen molar-refractivity contribution in [3.8, 4) is 5.75 Å². The van der Waals surface area contributed by atoms with E-state index in [9.17, 15) is 31.1 Å². The van der Waals surface area contributed by atoms with E-state index in [1.165, 1.54) is 0 Å². The molecule has 0 bridgehead atoms. The van der Waals surface area contributed by atoms with Gasteiger partial charge >= 0.3 is 12.3 Å². The number of rotatable bonds is 3. The Bertz CT molecular complexity index is 473. The molecule has 1 aromatic rings. The number of carboxylic acid groups (broad SMARTS) is 1. The number of carboxylic acids is 1. The van der Waals surface area contributed by atoms with Crippen molar-refractivity contribution in [2.24, 2.45) is 0 Å². The summed E-state index contributed by atoms with van der Waals surface area (Å²) in [6.45, 7) is 0. The van der Waals surface area contributed by atoms with Gasteiger partial charge in [-0.2, -0.15) is 0 Å². The summed E-state index contributed by atoms with van der Waals surface area (Å²) in [5.74, 6) is -5.87. The summed E-state index contributed by atoms with van der Waals surface area (Å²) in [4.78, 5) is 13.3. The highest BCUT2D eigenvalue weighted by molar-refractivity contribution is 5.92. The second-order valence-corrected chi connectivity index (χ2v) is 2.85. The Morgan fingerprint density at radius 1 is 1.39 bits per heavy atom. The van der Waals surface area contributed by atoms with Crippen LogP contribution in [0.4, 0.5) is 26.3 Å². The van der Waals surface area contributed by atoms with Crippen LogP contribution >= 0.6 is 0 Å². The minimum absolute atomic E-state index is 0.0228. The van der Waals surface area contributed by atoms with Crippen molar-refractivity contribution in [1.82, 2.24) is 4.98 Å². The number of aromatic carboxylic acids is 1. The first-order valence-electron chi connectivity index (χ1n) is 4.09. The van der Waals surface area contributed by atoms with Crippen LogP contribution in [0, 0.1) is 5.82 Å². The number of alkyl halides is 5. The average molecular weight is 275 g/mol. The second kappa shape index (κ2) is 4.70. The first-order chi connectivity index (χ1) is 8.13. The van der Waals surface area contributed by atoms with Gasteiger partial charge in [0.1, 0.15) is 11.3 Å². The largest absolute Gasteiger partial charge is 0.573 e. The maximum Gasteiger partial charge on any atom is 0.573 e. The van der Waals surface area contributed by atoms with Crippen LogP contribution in [0.3, 0.4) is 0 Å². The minimum atomic E-state index is -5.42. The van der Waals surface area contributed by atoms with Crippen LogP contribution in [0.1, 0.15) is 22.5 Å². The third kappa shape index (κ3) is 3.02. The summed E-state index contributed by atoms with van der Waals surface area (Å²) in [5.41, 5.74) is -3.18. The van der Waals surface area contributed by atoms with Crippen molar-refractivity contribution in [2.45, 2.75) is 12.8 Å². The second-order valence-electron chi connectivity index (χ2n) is 2.85. The number of pyridine rings is 1. The zero-order valence-corrected chi connectivity index (χ0v) is 8.13. The first kappa shape index (κ1) is 14.1. The molecule has 0 atom stereocenters. The van der Waals surface area contributed by atoms with Gasteiger partial charge in [0.25, 0.3) is 6.43 Å². The van der Waals surface area contributed by atoms with Gasteiger partial charge in [-0.1, -0.05) is 0 Å². The molecule has 1 rings (SSSR count). The van der Waals surface area contributed by atoms with Gasteiger partial charge in [-0.15, -0.1) is 13.2 Å². The summed E-state index contributed by atoms with van der Waals surface area (Å²) in [6, 6.07) is 0. The van der Waals surface area contributed by atoms with Crippen molar-refractivity contribution < 1.29 is 41.0 Å². The minimum Gasteiger partial charge on any atom is -0.477 e. The molecule has 0 unspecified atom stereocenters. The van der Waals surface area contributed by atoms with Gasteiger partial charge < -0.3 is 9.84 Å². The zero-order valence-electron chi connectivity index (χ0n) is 8.13. The van der Waals surface area contributed by atoms with Gasteiger partial charge in [0.15, 0.2) is 11.6 Å². The van der Waals surface area contributed by atoms with Gasteiger partial charge in [-0.3, -0.25) is 4.98 Å². The van der Waals surface area contributed by atoms with E-state index in [0.29, 0.717) is 0 Å². The van der Waals surface area contributed by atoms with Crippen LogP contribution in [0.15, 0.2) is 6.20 Å². The lowest BCUT2D eigenvalue weighted by molar-refractivity contribution is -0.275. The molecular formula is C8H3F6NO3. The fourth-order valence-electron chi connectivity index (χ4n) is 1.07. The standard InChI is InChI=1S/C8H3F6NO3/c9-2-1-15-4(6(10)11)3(7(16)17)5(2)18-8(12,13)14/h1,6H,(H,16,17). The van der Waals surface area contributed by atoms with Crippen LogP contribution < -0.4 is 4.74 Å². The molecule has 10 heteroatoms. The summed E-state index contributed by atoms with van der Waals surface area (Å²) >= 11 is 0. The number of aromatic nitrogens is 1. The van der Waals surface area contributed by atoms with E-state index in [0.717, 1.165) is 0 Å². The molecular weight excluding hydrogens is 272 g/mol. The molecule has 0 saturated carbocycles. The van der Waals surface area contributed by atoms with Gasteiger partial charge in [0.2, 0.25) is 0 Å². The lowest BCUT2D eigenvalue weighted by Gasteiger charge is -2.13. The molecule has 0 aliphatic rings. The number of carbonyl (C=O) groups is 1. The zero-order chi connectivity index (χ0) is 14.1. The maximum atomic E-state index is 13.0. The average Bonchev–Trinajstić information content (AvgIpc) is 2.17. The quantitative estimate of drug-likeness (QED) is 0.862. The van der Waals surface area contributed by atoms with E-state index in [4.69, 9.17) is 5.11 Å². The number of hydrogen-bond donors (Lipinski definition) is 1. The van der Waals surface area contributed by atoms with Crippen LogP contribution in [-0.4, -0.2) is 22.4 Å². The Kier molecular flexibility index (Phi) is 3.67. The molecule has 0 aromatic carbocycles. The smallest absolute Gasteiger partial charge is 0.477 e. The van der Waals surface area contributed by atoms with Crippen molar-refractivity contribution >= 4 is 5.97 Å². The predicted molar refractivity (Wildman–Crippen MR) is 42.8 cm³/mol. The van der Waals surface area contributed by atoms with Crippen molar-refractivity contribution in [1.29, 1.82) is 0 Å². The van der Waals surface area contributed by atoms with Crippen molar-refractivity contribution in [2.75, 3.05) is 0 Å². The van der Waals surface area contributed by atoms with Crippen molar-refractivity contribution in [3.05, 3.63) is 23.3 Å². The Morgan fingerprint density at radius 2 is 1.94 bits per heavy atom. The van der Waals surface area contributed by atoms with Gasteiger partial charge in [-0.25, -0.2) is 18.0 Å². The predicted octanol–water partition coefficient (Wildman–Crippen LogP) is 2.76. The highest BCUT2D eigenvalue weighted by Gasteiger charge is 2.37. The number of halogens is 6. The summed E-state index contributed by atoms with van der Waals surface area (Å²) in [6.07, 6.45) is -8.90. The third-order valence-corrected chi connectivity index (χ3v) is 1.66. The highest BCUT2D eigenvalue weighted by Crippen LogP contribution is 2.33. The van der Waals surface area contributed by atoms with Gasteiger partial charge in [0, 0.05) is 0 Å². The van der Waals surface area contributed by atoms with Crippen LogP contribution in [-0.2, 0) is 0 Å². The molecule has 0 amide bonds. The van der Waals surface area contributed by atoms with E-state index < -0.39 is 41.6 Å². The Balaban J connectivity index is 3.46. The monoisotopic (exact) mass is 275 g/mol. The fraction of sp³-hybridized carbons (Fsp3) is 0.250. The number of nitrogens with zero attached hydrogens (tertiary/aromatic N) is 1. The van der Waals surface area contributed by atoms with Crippen LogP contribution in [0.5, 0.6) is 5.75 Å². The Hall–Kier alpha value is -2.00. The topological polar surface area (TPSA) is 59.4 Å². The molecule has 4 nitrogen and oxygen atoms in total. The molecule has 1 heterocycles. The molecule has 1 N–H and O–H groups in total. The van der Waals surface area contributed by atoms with Crippen LogP contribution in [0.2, 0.25) is 0 Å². The fourth-order valence-corrected chi connectivity index (χ4v) is 1.07. The van der Waals surface area contributed by atoms with E-state index in [1.807, 2.05) is 0 Å². The van der Waals surface area contributed by atoms with Crippen molar-refractivity contribution in [3.63, 3.8) is 0 Å². The molecule has 0 radical (unpaired) electrons. The summed E-state index contributed by atoms with van der Waals surface area (Å²) < 4.78 is 76.5. The molecule has 18 heavy (non-hydrogen) atoms. The lowest BCUT2D eigenvalue weighted by Crippen LogP contribution is -2.21. The SMILES string of the molecule is O=C(O)c1c(C(F)F)ncc(F)c1OC(F)(F)F. The van der Waals surface area contributed by atoms with Gasteiger partial charge in [0.05, 0.1) is 6.20 Å². The summed E-state index contributed by atoms with van der Waals surface area (Å²) in [5, 5.41) is 8.53. The van der Waals surface area contributed by atoms with E-state index >= 15 is 0 Å². The maximum absolute atomic E-state index is 13.0. The number of hydrogen-bond acceptors (Lipinski definition) is 3. The molecule has 0 fully saturated rings. The Morgan fingerprint density at radius 3 is 2.33 bits per heavy atom. The first-order valence-corrected chi connectivity index (χ1v) is 4.09. The summed E-state index contributed by atoms with van der Waals surface area (Å²) in [7, 11) is 0. The number of ether oxygens (including phenoxy) is 1. The molecule has 0 aliphatic heterocycles. The molecule has 0 spiro atoms.